The first-order chi connectivity index (χ1) is 12.8. The van der Waals surface area contributed by atoms with Crippen molar-refractivity contribution in [3.8, 4) is 0 Å². The minimum Gasteiger partial charge on any atom is -0.338 e. The van der Waals surface area contributed by atoms with Gasteiger partial charge < -0.3 is 10.6 Å². The van der Waals surface area contributed by atoms with Crippen LogP contribution in [0.2, 0.25) is 0 Å². The zero-order chi connectivity index (χ0) is 19.6. The standard InChI is InChI=1S/C19H22FN3O3S/c1-13-10-15(20)6-7-18(13)27(25,26)22-17-5-3-2-4-16(17)19(24)23-9-8-14(11-21)12-23/h2-7,10,14,22H,8-9,11-12,21H2,1H3. The van der Waals surface area contributed by atoms with Crippen molar-refractivity contribution in [3.05, 3.63) is 59.4 Å². The van der Waals surface area contributed by atoms with E-state index in [1.54, 1.807) is 29.2 Å². The Kier molecular flexibility index (Phi) is 5.48. The highest BCUT2D eigenvalue weighted by Crippen LogP contribution is 2.25. The summed E-state index contributed by atoms with van der Waals surface area (Å²) < 4.78 is 41.3. The Morgan fingerprint density at radius 3 is 2.70 bits per heavy atom. The molecule has 1 aliphatic heterocycles. The lowest BCUT2D eigenvalue weighted by atomic mass is 10.1. The van der Waals surface area contributed by atoms with Gasteiger partial charge in [-0.2, -0.15) is 0 Å². The van der Waals surface area contributed by atoms with Gasteiger partial charge in [0.1, 0.15) is 5.82 Å². The van der Waals surface area contributed by atoms with Gasteiger partial charge in [-0.1, -0.05) is 12.1 Å². The number of nitrogens with two attached hydrogens (primary N) is 1. The summed E-state index contributed by atoms with van der Waals surface area (Å²) in [4.78, 5) is 14.5. The minimum atomic E-state index is -3.96. The molecule has 8 heteroatoms. The molecule has 0 bridgehead atoms. The van der Waals surface area contributed by atoms with Gasteiger partial charge in [0.2, 0.25) is 0 Å². The van der Waals surface area contributed by atoms with Gasteiger partial charge in [-0.15, -0.1) is 0 Å². The number of anilines is 1. The van der Waals surface area contributed by atoms with E-state index < -0.39 is 15.8 Å². The lowest BCUT2D eigenvalue weighted by Gasteiger charge is -2.19. The second-order valence-corrected chi connectivity index (χ2v) is 8.35. The van der Waals surface area contributed by atoms with Crippen LogP contribution in [-0.2, 0) is 10.0 Å². The molecule has 3 rings (SSSR count). The Bertz CT molecular complexity index is 962. The molecule has 6 nitrogen and oxygen atoms in total. The monoisotopic (exact) mass is 391 g/mol. The molecule has 1 aliphatic rings. The fourth-order valence-corrected chi connectivity index (χ4v) is 4.56. The number of para-hydroxylation sites is 1. The number of hydrogen-bond acceptors (Lipinski definition) is 4. The Hall–Kier alpha value is -2.45. The zero-order valence-corrected chi connectivity index (χ0v) is 15.8. The van der Waals surface area contributed by atoms with Gasteiger partial charge in [0, 0.05) is 13.1 Å². The molecule has 2 aromatic rings. The van der Waals surface area contributed by atoms with Gasteiger partial charge in [-0.25, -0.2) is 12.8 Å². The molecular weight excluding hydrogens is 369 g/mol. The highest BCUT2D eigenvalue weighted by atomic mass is 32.2. The highest BCUT2D eigenvalue weighted by Gasteiger charge is 2.28. The van der Waals surface area contributed by atoms with Crippen molar-refractivity contribution in [1.29, 1.82) is 0 Å². The van der Waals surface area contributed by atoms with Crippen molar-refractivity contribution in [3.63, 3.8) is 0 Å². The molecule has 0 saturated carbocycles. The van der Waals surface area contributed by atoms with Gasteiger partial charge >= 0.3 is 0 Å². The van der Waals surface area contributed by atoms with Crippen LogP contribution in [0.25, 0.3) is 0 Å². The lowest BCUT2D eigenvalue weighted by molar-refractivity contribution is 0.0788. The maximum absolute atomic E-state index is 13.3. The van der Waals surface area contributed by atoms with Crippen LogP contribution in [0.3, 0.4) is 0 Å². The van der Waals surface area contributed by atoms with E-state index in [9.17, 15) is 17.6 Å². The number of aryl methyl sites for hydroxylation is 1. The highest BCUT2D eigenvalue weighted by molar-refractivity contribution is 7.92. The molecule has 1 atom stereocenters. The fraction of sp³-hybridized carbons (Fsp3) is 0.316. The normalized spacial score (nSPS) is 17.1. The van der Waals surface area contributed by atoms with Gasteiger partial charge in [0.05, 0.1) is 16.1 Å². The number of nitrogens with one attached hydrogen (secondary N) is 1. The number of benzene rings is 2. The molecule has 0 spiro atoms. The third-order valence-corrected chi connectivity index (χ3v) is 6.26. The van der Waals surface area contributed by atoms with Crippen molar-refractivity contribution in [2.75, 3.05) is 24.4 Å². The van der Waals surface area contributed by atoms with Crippen LogP contribution in [0.1, 0.15) is 22.3 Å². The molecule has 27 heavy (non-hydrogen) atoms. The average molecular weight is 391 g/mol. The quantitative estimate of drug-likeness (QED) is 0.818. The second-order valence-electron chi connectivity index (χ2n) is 6.70. The van der Waals surface area contributed by atoms with Crippen molar-refractivity contribution >= 4 is 21.6 Å². The molecule has 3 N–H and O–H groups in total. The van der Waals surface area contributed by atoms with Crippen LogP contribution in [0.4, 0.5) is 10.1 Å². The first-order valence-corrected chi connectivity index (χ1v) is 10.2. The van der Waals surface area contributed by atoms with E-state index in [-0.39, 0.29) is 33.5 Å². The van der Waals surface area contributed by atoms with Gasteiger partial charge in [-0.05, 0) is 61.7 Å². The largest absolute Gasteiger partial charge is 0.338 e. The number of hydrogen-bond donors (Lipinski definition) is 2. The summed E-state index contributed by atoms with van der Waals surface area (Å²) in [6, 6.07) is 9.93. The Balaban J connectivity index is 1.89. The molecule has 0 radical (unpaired) electrons. The molecule has 144 valence electrons. The van der Waals surface area contributed by atoms with Gasteiger partial charge in [0.25, 0.3) is 15.9 Å². The number of carbonyl (C=O) groups excluding carboxylic acids is 1. The number of amides is 1. The van der Waals surface area contributed by atoms with Crippen LogP contribution < -0.4 is 10.5 Å². The topological polar surface area (TPSA) is 92.5 Å². The summed E-state index contributed by atoms with van der Waals surface area (Å²) in [5.74, 6) is -0.481. The number of sulfonamides is 1. The molecular formula is C19H22FN3O3S. The smallest absolute Gasteiger partial charge is 0.262 e. The number of likely N-dealkylation sites (tertiary alicyclic amines) is 1. The predicted octanol–water partition coefficient (Wildman–Crippen LogP) is 2.36. The van der Waals surface area contributed by atoms with Crippen molar-refractivity contribution in [2.24, 2.45) is 11.7 Å². The molecule has 1 heterocycles. The van der Waals surface area contributed by atoms with Crippen LogP contribution in [0.15, 0.2) is 47.4 Å². The van der Waals surface area contributed by atoms with Crippen LogP contribution >= 0.6 is 0 Å². The third-order valence-electron chi connectivity index (χ3n) is 4.73. The lowest BCUT2D eigenvalue weighted by Crippen LogP contribution is -2.30. The van der Waals surface area contributed by atoms with Crippen molar-refractivity contribution in [2.45, 2.75) is 18.2 Å². The maximum atomic E-state index is 13.3. The molecule has 1 saturated heterocycles. The van der Waals surface area contributed by atoms with Gasteiger partial charge in [-0.3, -0.25) is 9.52 Å². The van der Waals surface area contributed by atoms with E-state index in [1.807, 2.05) is 0 Å². The Morgan fingerprint density at radius 2 is 2.04 bits per heavy atom. The van der Waals surface area contributed by atoms with Crippen molar-refractivity contribution in [1.82, 2.24) is 4.90 Å². The molecule has 1 amide bonds. The Labute approximate surface area is 158 Å². The van der Waals surface area contributed by atoms with Crippen LogP contribution in [0, 0.1) is 18.7 Å². The number of rotatable bonds is 5. The third kappa shape index (κ3) is 4.12. The van der Waals surface area contributed by atoms with E-state index in [4.69, 9.17) is 5.73 Å². The fourth-order valence-electron chi connectivity index (χ4n) is 3.25. The summed E-state index contributed by atoms with van der Waals surface area (Å²) in [6.07, 6.45) is 0.838. The zero-order valence-electron chi connectivity index (χ0n) is 15.0. The second kappa shape index (κ2) is 7.66. The summed E-state index contributed by atoms with van der Waals surface area (Å²) in [7, 11) is -3.96. The van der Waals surface area contributed by atoms with E-state index in [0.29, 0.717) is 19.6 Å². The maximum Gasteiger partial charge on any atom is 0.262 e. The first-order valence-electron chi connectivity index (χ1n) is 8.69. The van der Waals surface area contributed by atoms with Gasteiger partial charge in [0.15, 0.2) is 0 Å². The molecule has 1 unspecified atom stereocenters. The summed E-state index contributed by atoms with van der Waals surface area (Å²) in [5.41, 5.74) is 6.44. The SMILES string of the molecule is Cc1cc(F)ccc1S(=O)(=O)Nc1ccccc1C(=O)N1CCC(CN)C1. The summed E-state index contributed by atoms with van der Waals surface area (Å²) in [5, 5.41) is 0. The number of halogens is 1. The average Bonchev–Trinajstić information content (AvgIpc) is 3.10. The number of carbonyl (C=O) groups is 1. The van der Waals surface area contributed by atoms with E-state index in [0.717, 1.165) is 18.6 Å². The minimum absolute atomic E-state index is 0.0319. The molecule has 2 aromatic carbocycles. The molecule has 1 fully saturated rings. The Morgan fingerprint density at radius 1 is 1.30 bits per heavy atom. The first kappa shape index (κ1) is 19.3. The van der Waals surface area contributed by atoms with Crippen LogP contribution in [0.5, 0.6) is 0 Å². The molecule has 0 aliphatic carbocycles. The van der Waals surface area contributed by atoms with Crippen LogP contribution in [-0.4, -0.2) is 38.9 Å². The summed E-state index contributed by atoms with van der Waals surface area (Å²) >= 11 is 0. The van der Waals surface area contributed by atoms with E-state index in [2.05, 4.69) is 4.72 Å². The summed E-state index contributed by atoms with van der Waals surface area (Å²) in [6.45, 7) is 3.19. The number of nitrogens with zero attached hydrogens (tertiary/aromatic N) is 1. The van der Waals surface area contributed by atoms with E-state index >= 15 is 0 Å². The molecule has 0 aromatic heterocycles. The van der Waals surface area contributed by atoms with Crippen molar-refractivity contribution < 1.29 is 17.6 Å². The van der Waals surface area contributed by atoms with E-state index in [1.165, 1.54) is 13.0 Å². The predicted molar refractivity (Wildman–Crippen MR) is 101 cm³/mol.